The van der Waals surface area contributed by atoms with E-state index in [-0.39, 0.29) is 23.1 Å². The Labute approximate surface area is 157 Å². The molecule has 0 saturated heterocycles. The molecule has 0 heterocycles. The third kappa shape index (κ3) is 5.32. The van der Waals surface area contributed by atoms with Gasteiger partial charge in [-0.05, 0) is 29.8 Å². The minimum atomic E-state index is -4.56. The molecule has 0 spiro atoms. The predicted molar refractivity (Wildman–Crippen MR) is 91.8 cm³/mol. The first-order chi connectivity index (χ1) is 13.1. The minimum Gasteiger partial charge on any atom is -0.480 e. The van der Waals surface area contributed by atoms with Crippen LogP contribution in [-0.4, -0.2) is 36.1 Å². The second-order valence-corrected chi connectivity index (χ2v) is 5.84. The molecule has 0 bridgehead atoms. The fraction of sp³-hybridized carbons (Fsp3) is 0.211. The van der Waals surface area contributed by atoms with Crippen LogP contribution in [0.1, 0.15) is 31.8 Å². The molecule has 0 aliphatic rings. The van der Waals surface area contributed by atoms with E-state index in [2.05, 4.69) is 10.1 Å². The second kappa shape index (κ2) is 8.55. The lowest BCUT2D eigenvalue weighted by Gasteiger charge is -2.16. The van der Waals surface area contributed by atoms with Crippen molar-refractivity contribution in [1.82, 2.24) is 5.32 Å². The first-order valence-electron chi connectivity index (χ1n) is 8.00. The average molecular weight is 395 g/mol. The summed E-state index contributed by atoms with van der Waals surface area (Å²) in [5.74, 6) is -2.87. The fourth-order valence-electron chi connectivity index (χ4n) is 2.46. The van der Waals surface area contributed by atoms with Crippen molar-refractivity contribution in [3.8, 4) is 0 Å². The van der Waals surface area contributed by atoms with Gasteiger partial charge in [0.1, 0.15) is 6.04 Å². The topological polar surface area (TPSA) is 92.7 Å². The first-order valence-corrected chi connectivity index (χ1v) is 8.00. The Kier molecular flexibility index (Phi) is 6.40. The molecule has 1 amide bonds. The summed E-state index contributed by atoms with van der Waals surface area (Å²) in [7, 11) is 1.17. The largest absolute Gasteiger partial charge is 0.480 e. The number of carbonyl (C=O) groups excluding carboxylic acids is 2. The van der Waals surface area contributed by atoms with E-state index < -0.39 is 35.6 Å². The van der Waals surface area contributed by atoms with Gasteiger partial charge in [0.2, 0.25) is 0 Å². The lowest BCUT2D eigenvalue weighted by atomic mass is 10.0. The van der Waals surface area contributed by atoms with Gasteiger partial charge in [0.05, 0.1) is 18.2 Å². The van der Waals surface area contributed by atoms with Crippen molar-refractivity contribution < 1.29 is 37.4 Å². The summed E-state index contributed by atoms with van der Waals surface area (Å²) in [5.41, 5.74) is -0.699. The number of ether oxygens (including phenoxy) is 1. The van der Waals surface area contributed by atoms with Crippen molar-refractivity contribution in [2.24, 2.45) is 0 Å². The number of rotatable bonds is 6. The Morgan fingerprint density at radius 1 is 1.07 bits per heavy atom. The highest BCUT2D eigenvalue weighted by Crippen LogP contribution is 2.29. The summed E-state index contributed by atoms with van der Waals surface area (Å²) in [4.78, 5) is 35.3. The standard InChI is InChI=1S/C19H16F3NO5/c1-28-18(27)13-6-3-5-12(10-13)16(24)23-15(17(25)26)9-11-4-2-7-14(8-11)19(20,21)22/h2-8,10,15H,9H2,1H3,(H,23,24)(H,25,26)/t15-/m1/s1. The van der Waals surface area contributed by atoms with Gasteiger partial charge in [-0.25, -0.2) is 9.59 Å². The van der Waals surface area contributed by atoms with E-state index in [1.807, 2.05) is 0 Å². The SMILES string of the molecule is COC(=O)c1cccc(C(=O)N[C@H](Cc2cccc(C(F)(F)F)c2)C(=O)O)c1. The van der Waals surface area contributed by atoms with Crippen LogP contribution in [0.15, 0.2) is 48.5 Å². The number of esters is 1. The molecule has 2 N–H and O–H groups in total. The normalized spacial score (nSPS) is 12.1. The van der Waals surface area contributed by atoms with E-state index in [1.165, 1.54) is 43.5 Å². The number of amides is 1. The summed E-state index contributed by atoms with van der Waals surface area (Å²) < 4.78 is 43.0. The number of carboxylic acids is 1. The summed E-state index contributed by atoms with van der Waals surface area (Å²) in [5, 5.41) is 11.6. The number of methoxy groups -OCH3 is 1. The van der Waals surface area contributed by atoms with Gasteiger partial charge in [0, 0.05) is 12.0 Å². The van der Waals surface area contributed by atoms with Crippen molar-refractivity contribution in [1.29, 1.82) is 0 Å². The van der Waals surface area contributed by atoms with Crippen LogP contribution < -0.4 is 5.32 Å². The smallest absolute Gasteiger partial charge is 0.416 e. The maximum atomic E-state index is 12.8. The number of benzene rings is 2. The van der Waals surface area contributed by atoms with Gasteiger partial charge in [0.25, 0.3) is 5.91 Å². The third-order valence-electron chi connectivity index (χ3n) is 3.84. The number of carbonyl (C=O) groups is 3. The van der Waals surface area contributed by atoms with Gasteiger partial charge < -0.3 is 15.2 Å². The Bertz CT molecular complexity index is 895. The summed E-state index contributed by atoms with van der Waals surface area (Å²) in [6.45, 7) is 0. The number of aliphatic carboxylic acids is 1. The first kappa shape index (κ1) is 20.9. The number of hydrogen-bond acceptors (Lipinski definition) is 4. The maximum Gasteiger partial charge on any atom is 0.416 e. The molecule has 0 radical (unpaired) electrons. The fourth-order valence-corrected chi connectivity index (χ4v) is 2.46. The van der Waals surface area contributed by atoms with Gasteiger partial charge in [-0.15, -0.1) is 0 Å². The third-order valence-corrected chi connectivity index (χ3v) is 3.84. The molecule has 6 nitrogen and oxygen atoms in total. The van der Waals surface area contributed by atoms with Crippen LogP contribution in [0.25, 0.3) is 0 Å². The molecule has 0 fully saturated rings. The quantitative estimate of drug-likeness (QED) is 0.734. The van der Waals surface area contributed by atoms with Crippen LogP contribution in [0.3, 0.4) is 0 Å². The molecule has 0 aliphatic carbocycles. The number of carboxylic acid groups (broad SMARTS) is 1. The molecular weight excluding hydrogens is 379 g/mol. The van der Waals surface area contributed by atoms with E-state index in [9.17, 15) is 32.7 Å². The van der Waals surface area contributed by atoms with Crippen LogP contribution in [0.4, 0.5) is 13.2 Å². The Morgan fingerprint density at radius 3 is 2.32 bits per heavy atom. The number of hydrogen-bond donors (Lipinski definition) is 2. The van der Waals surface area contributed by atoms with E-state index in [0.717, 1.165) is 12.1 Å². The lowest BCUT2D eigenvalue weighted by Crippen LogP contribution is -2.42. The zero-order chi connectivity index (χ0) is 20.9. The van der Waals surface area contributed by atoms with Crippen molar-refractivity contribution in [2.45, 2.75) is 18.6 Å². The molecule has 0 aromatic heterocycles. The summed E-state index contributed by atoms with van der Waals surface area (Å²) >= 11 is 0. The molecule has 0 aliphatic heterocycles. The Morgan fingerprint density at radius 2 is 1.71 bits per heavy atom. The number of halogens is 3. The summed E-state index contributed by atoms with van der Waals surface area (Å²) in [6.07, 6.45) is -4.91. The molecule has 2 aromatic carbocycles. The van der Waals surface area contributed by atoms with Crippen LogP contribution in [-0.2, 0) is 22.1 Å². The van der Waals surface area contributed by atoms with E-state index in [1.54, 1.807) is 0 Å². The Hall–Kier alpha value is -3.36. The van der Waals surface area contributed by atoms with Gasteiger partial charge in [0.15, 0.2) is 0 Å². The molecular formula is C19H16F3NO5. The van der Waals surface area contributed by atoms with Crippen molar-refractivity contribution in [3.63, 3.8) is 0 Å². The van der Waals surface area contributed by atoms with Gasteiger partial charge in [-0.2, -0.15) is 13.2 Å². The van der Waals surface area contributed by atoms with Crippen LogP contribution in [0, 0.1) is 0 Å². The number of alkyl halides is 3. The molecule has 0 saturated carbocycles. The van der Waals surface area contributed by atoms with Crippen LogP contribution >= 0.6 is 0 Å². The van der Waals surface area contributed by atoms with Gasteiger partial charge in [-0.3, -0.25) is 4.79 Å². The molecule has 2 aromatic rings. The molecule has 0 unspecified atom stereocenters. The highest BCUT2D eigenvalue weighted by Gasteiger charge is 2.31. The summed E-state index contributed by atoms with van der Waals surface area (Å²) in [6, 6.07) is 8.18. The van der Waals surface area contributed by atoms with E-state index in [0.29, 0.717) is 0 Å². The molecule has 9 heteroatoms. The monoisotopic (exact) mass is 395 g/mol. The molecule has 2 rings (SSSR count). The van der Waals surface area contributed by atoms with E-state index >= 15 is 0 Å². The molecule has 1 atom stereocenters. The van der Waals surface area contributed by atoms with Gasteiger partial charge >= 0.3 is 18.1 Å². The maximum absolute atomic E-state index is 12.8. The highest BCUT2D eigenvalue weighted by molar-refractivity contribution is 5.99. The van der Waals surface area contributed by atoms with Crippen molar-refractivity contribution >= 4 is 17.8 Å². The number of nitrogens with one attached hydrogen (secondary N) is 1. The zero-order valence-electron chi connectivity index (χ0n) is 14.6. The predicted octanol–water partition coefficient (Wildman–Crippen LogP) is 2.92. The van der Waals surface area contributed by atoms with E-state index in [4.69, 9.17) is 0 Å². The van der Waals surface area contributed by atoms with Crippen molar-refractivity contribution in [2.75, 3.05) is 7.11 Å². The van der Waals surface area contributed by atoms with Crippen molar-refractivity contribution in [3.05, 3.63) is 70.8 Å². The lowest BCUT2D eigenvalue weighted by molar-refractivity contribution is -0.139. The zero-order valence-corrected chi connectivity index (χ0v) is 14.6. The van der Waals surface area contributed by atoms with Gasteiger partial charge in [-0.1, -0.05) is 24.3 Å². The molecule has 148 valence electrons. The molecule has 28 heavy (non-hydrogen) atoms. The average Bonchev–Trinajstić information content (AvgIpc) is 2.66. The van der Waals surface area contributed by atoms with Crippen LogP contribution in [0.2, 0.25) is 0 Å². The highest BCUT2D eigenvalue weighted by atomic mass is 19.4. The second-order valence-electron chi connectivity index (χ2n) is 5.84. The van der Waals surface area contributed by atoms with Crippen LogP contribution in [0.5, 0.6) is 0 Å². The Balaban J connectivity index is 2.19. The minimum absolute atomic E-state index is 0.0122.